The van der Waals surface area contributed by atoms with Crippen molar-refractivity contribution in [2.45, 2.75) is 24.8 Å². The Labute approximate surface area is 143 Å². The minimum absolute atomic E-state index is 0. The fourth-order valence-corrected chi connectivity index (χ4v) is 3.36. The van der Waals surface area contributed by atoms with Crippen molar-refractivity contribution in [2.75, 3.05) is 44.7 Å². The minimum Gasteiger partial charge on any atom is -0.339 e. The molecule has 3 heterocycles. The first-order valence-electron chi connectivity index (χ1n) is 7.34. The van der Waals surface area contributed by atoms with E-state index < -0.39 is 0 Å². The van der Waals surface area contributed by atoms with Crippen LogP contribution >= 0.6 is 24.8 Å². The van der Waals surface area contributed by atoms with E-state index in [9.17, 15) is 4.39 Å². The van der Waals surface area contributed by atoms with Gasteiger partial charge in [0.1, 0.15) is 0 Å². The van der Waals surface area contributed by atoms with Crippen LogP contribution in [0.15, 0.2) is 12.4 Å². The highest BCUT2D eigenvalue weighted by Gasteiger charge is 2.39. The molecule has 2 aliphatic rings. The van der Waals surface area contributed by atoms with Crippen molar-refractivity contribution in [3.8, 4) is 0 Å². The second-order valence-corrected chi connectivity index (χ2v) is 5.87. The Kier molecular flexibility index (Phi) is 7.25. The molecular formula is C14H24Cl2FN5. The summed E-state index contributed by atoms with van der Waals surface area (Å²) in [5.41, 5.74) is 0.194. The van der Waals surface area contributed by atoms with Gasteiger partial charge in [-0.2, -0.15) is 0 Å². The molecule has 0 saturated carbocycles. The summed E-state index contributed by atoms with van der Waals surface area (Å²) in [4.78, 5) is 13.0. The Morgan fingerprint density at radius 1 is 1.14 bits per heavy atom. The number of anilines is 1. The van der Waals surface area contributed by atoms with Crippen LogP contribution in [0.3, 0.4) is 0 Å². The van der Waals surface area contributed by atoms with Crippen LogP contribution in [0.5, 0.6) is 0 Å². The van der Waals surface area contributed by atoms with Crippen molar-refractivity contribution in [2.24, 2.45) is 0 Å². The number of nitrogens with one attached hydrogen (secondary N) is 1. The third kappa shape index (κ3) is 3.98. The normalized spacial score (nSPS) is 21.6. The minimum atomic E-state index is -0.378. The van der Waals surface area contributed by atoms with Crippen LogP contribution in [0.25, 0.3) is 0 Å². The van der Waals surface area contributed by atoms with Crippen molar-refractivity contribution in [3.05, 3.63) is 18.2 Å². The van der Waals surface area contributed by atoms with E-state index in [1.165, 1.54) is 12.4 Å². The van der Waals surface area contributed by atoms with E-state index in [0.29, 0.717) is 5.95 Å². The SMILES string of the molecule is CN1CCCN(c2ncc(F)cn2)CC12CCNCC2.Cl.Cl. The Morgan fingerprint density at radius 3 is 2.41 bits per heavy atom. The van der Waals surface area contributed by atoms with E-state index >= 15 is 0 Å². The second-order valence-electron chi connectivity index (χ2n) is 5.87. The first-order valence-corrected chi connectivity index (χ1v) is 7.34. The zero-order valence-corrected chi connectivity index (χ0v) is 14.4. The van der Waals surface area contributed by atoms with E-state index in [-0.39, 0.29) is 36.2 Å². The van der Waals surface area contributed by atoms with Gasteiger partial charge in [0.05, 0.1) is 12.4 Å². The van der Waals surface area contributed by atoms with E-state index in [1.54, 1.807) is 0 Å². The third-order valence-corrected chi connectivity index (χ3v) is 4.64. The molecule has 5 nitrogen and oxygen atoms in total. The van der Waals surface area contributed by atoms with Crippen molar-refractivity contribution in [1.29, 1.82) is 0 Å². The lowest BCUT2D eigenvalue weighted by molar-refractivity contribution is 0.0978. The van der Waals surface area contributed by atoms with E-state index in [1.807, 2.05) is 0 Å². The van der Waals surface area contributed by atoms with Gasteiger partial charge < -0.3 is 10.2 Å². The second kappa shape index (κ2) is 8.24. The van der Waals surface area contributed by atoms with Gasteiger partial charge in [-0.3, -0.25) is 4.90 Å². The molecule has 0 amide bonds. The van der Waals surface area contributed by atoms with Crippen molar-refractivity contribution >= 4 is 30.8 Å². The molecule has 1 N–H and O–H groups in total. The number of aromatic nitrogens is 2. The summed E-state index contributed by atoms with van der Waals surface area (Å²) in [6.07, 6.45) is 5.88. The van der Waals surface area contributed by atoms with Crippen LogP contribution in [0.4, 0.5) is 10.3 Å². The van der Waals surface area contributed by atoms with Gasteiger partial charge in [-0.25, -0.2) is 14.4 Å². The van der Waals surface area contributed by atoms with Crippen LogP contribution in [0.2, 0.25) is 0 Å². The molecule has 0 aromatic carbocycles. The number of rotatable bonds is 1. The van der Waals surface area contributed by atoms with Crippen LogP contribution in [0, 0.1) is 5.82 Å². The monoisotopic (exact) mass is 351 g/mol. The molecule has 0 radical (unpaired) electrons. The van der Waals surface area contributed by atoms with Gasteiger partial charge in [0, 0.05) is 25.2 Å². The number of likely N-dealkylation sites (N-methyl/N-ethyl adjacent to an activating group) is 1. The molecule has 0 aliphatic carbocycles. The van der Waals surface area contributed by atoms with Crippen LogP contribution in [0.1, 0.15) is 19.3 Å². The predicted molar refractivity (Wildman–Crippen MR) is 90.8 cm³/mol. The molecule has 1 aromatic heterocycles. The molecule has 0 unspecified atom stereocenters. The summed E-state index contributed by atoms with van der Waals surface area (Å²) in [6, 6.07) is 0. The quantitative estimate of drug-likeness (QED) is 0.834. The fraction of sp³-hybridized carbons (Fsp3) is 0.714. The molecule has 1 aromatic rings. The summed E-state index contributed by atoms with van der Waals surface area (Å²) < 4.78 is 13.0. The zero-order valence-electron chi connectivity index (χ0n) is 12.8. The highest BCUT2D eigenvalue weighted by atomic mass is 35.5. The summed E-state index contributed by atoms with van der Waals surface area (Å²) in [7, 11) is 2.22. The van der Waals surface area contributed by atoms with Gasteiger partial charge in [-0.05, 0) is 39.4 Å². The lowest BCUT2D eigenvalue weighted by Crippen LogP contribution is -2.57. The molecule has 2 saturated heterocycles. The van der Waals surface area contributed by atoms with Gasteiger partial charge in [-0.15, -0.1) is 24.8 Å². The summed E-state index contributed by atoms with van der Waals surface area (Å²) >= 11 is 0. The highest BCUT2D eigenvalue weighted by Crippen LogP contribution is 2.30. The average Bonchev–Trinajstić information content (AvgIpc) is 2.62. The molecule has 2 aliphatic heterocycles. The van der Waals surface area contributed by atoms with Crippen molar-refractivity contribution < 1.29 is 4.39 Å². The van der Waals surface area contributed by atoms with E-state index in [4.69, 9.17) is 0 Å². The van der Waals surface area contributed by atoms with Crippen LogP contribution in [-0.2, 0) is 0 Å². The maximum atomic E-state index is 13.0. The van der Waals surface area contributed by atoms with Crippen LogP contribution < -0.4 is 10.2 Å². The number of nitrogens with zero attached hydrogens (tertiary/aromatic N) is 4. The average molecular weight is 352 g/mol. The molecule has 22 heavy (non-hydrogen) atoms. The maximum Gasteiger partial charge on any atom is 0.225 e. The standard InChI is InChI=1S/C14H22FN5.2ClH/c1-19-7-2-8-20(13-17-9-12(15)10-18-13)11-14(19)3-5-16-6-4-14;;/h9-10,16H,2-8,11H2,1H3;2*1H. The first kappa shape index (κ1) is 19.4. The van der Waals surface area contributed by atoms with Gasteiger partial charge in [0.25, 0.3) is 0 Å². The third-order valence-electron chi connectivity index (χ3n) is 4.64. The van der Waals surface area contributed by atoms with Crippen molar-refractivity contribution in [3.63, 3.8) is 0 Å². The van der Waals surface area contributed by atoms with E-state index in [2.05, 4.69) is 32.1 Å². The summed E-state index contributed by atoms with van der Waals surface area (Å²) in [6.45, 7) is 5.07. The Morgan fingerprint density at radius 2 is 1.77 bits per heavy atom. The molecule has 3 rings (SSSR count). The number of hydrogen-bond acceptors (Lipinski definition) is 5. The van der Waals surface area contributed by atoms with Gasteiger partial charge in [-0.1, -0.05) is 0 Å². The Hall–Kier alpha value is -0.690. The molecule has 2 fully saturated rings. The van der Waals surface area contributed by atoms with Crippen molar-refractivity contribution in [1.82, 2.24) is 20.2 Å². The van der Waals surface area contributed by atoms with Gasteiger partial charge >= 0.3 is 0 Å². The smallest absolute Gasteiger partial charge is 0.225 e. The maximum absolute atomic E-state index is 13.0. The molecule has 0 atom stereocenters. The Bertz CT molecular complexity index is 453. The molecule has 8 heteroatoms. The molecule has 0 bridgehead atoms. The number of piperidine rings is 1. The topological polar surface area (TPSA) is 44.3 Å². The molecule has 126 valence electrons. The van der Waals surface area contributed by atoms with Gasteiger partial charge in [0.2, 0.25) is 5.95 Å². The summed E-state index contributed by atoms with van der Waals surface area (Å²) in [5.74, 6) is 0.275. The largest absolute Gasteiger partial charge is 0.339 e. The van der Waals surface area contributed by atoms with Crippen LogP contribution in [-0.4, -0.2) is 60.2 Å². The Balaban J connectivity index is 0.00000121. The fourth-order valence-electron chi connectivity index (χ4n) is 3.36. The highest BCUT2D eigenvalue weighted by molar-refractivity contribution is 5.85. The predicted octanol–water partition coefficient (Wildman–Crippen LogP) is 1.72. The lowest BCUT2D eigenvalue weighted by atomic mass is 9.86. The van der Waals surface area contributed by atoms with E-state index in [0.717, 1.165) is 52.0 Å². The van der Waals surface area contributed by atoms with Gasteiger partial charge in [0.15, 0.2) is 5.82 Å². The first-order chi connectivity index (χ1) is 9.70. The zero-order chi connectivity index (χ0) is 14.0. The number of hydrogen-bond donors (Lipinski definition) is 1. The molecular weight excluding hydrogens is 328 g/mol. The number of halogens is 3. The molecule has 1 spiro atoms. The lowest BCUT2D eigenvalue weighted by Gasteiger charge is -2.45. The summed E-state index contributed by atoms with van der Waals surface area (Å²) in [5, 5.41) is 3.43.